The summed E-state index contributed by atoms with van der Waals surface area (Å²) in [5.74, 6) is -3.39. The minimum atomic E-state index is -4.53. The molecule has 1 heterocycles. The third-order valence-corrected chi connectivity index (χ3v) is 6.27. The summed E-state index contributed by atoms with van der Waals surface area (Å²) in [6, 6.07) is 4.09. The summed E-state index contributed by atoms with van der Waals surface area (Å²) in [6.45, 7) is 0. The van der Waals surface area contributed by atoms with Crippen molar-refractivity contribution in [3.63, 3.8) is 0 Å². The summed E-state index contributed by atoms with van der Waals surface area (Å²) in [5.41, 5.74) is 0.645. The smallest absolute Gasteiger partial charge is 0.218 e. The largest absolute Gasteiger partial charge is 0.341 e. The molecule has 0 N–H and O–H groups in total. The number of rotatable bonds is 3. The first-order chi connectivity index (χ1) is 8.37. The maximum absolute atomic E-state index is 12.5. The van der Waals surface area contributed by atoms with Crippen molar-refractivity contribution in [2.24, 2.45) is 7.05 Å². The highest BCUT2D eigenvalue weighted by Gasteiger charge is 2.28. The van der Waals surface area contributed by atoms with Crippen LogP contribution in [0.3, 0.4) is 0 Å². The van der Waals surface area contributed by atoms with E-state index in [1.807, 2.05) is 6.26 Å². The van der Waals surface area contributed by atoms with Crippen LogP contribution in [0, 0.1) is 0 Å². The molecule has 8 heteroatoms. The lowest BCUT2D eigenvalue weighted by Gasteiger charge is -2.01. The van der Waals surface area contributed by atoms with Crippen LogP contribution in [0.2, 0.25) is 0 Å². The second kappa shape index (κ2) is 4.75. The quantitative estimate of drug-likeness (QED) is 0.645. The number of hydrogen-bond donors (Lipinski definition) is 0. The third kappa shape index (κ3) is 2.12. The van der Waals surface area contributed by atoms with Gasteiger partial charge in [0.25, 0.3) is 4.34 Å². The second-order valence-electron chi connectivity index (χ2n) is 3.57. The van der Waals surface area contributed by atoms with Gasteiger partial charge in [0.1, 0.15) is 11.7 Å². The van der Waals surface area contributed by atoms with Gasteiger partial charge in [-0.1, -0.05) is 11.3 Å². The molecule has 0 saturated carbocycles. The van der Waals surface area contributed by atoms with Crippen molar-refractivity contribution in [2.45, 2.75) is 15.0 Å². The number of fused-ring (bicyclic) bond motifs is 1. The van der Waals surface area contributed by atoms with Crippen LogP contribution in [0.4, 0.5) is 8.78 Å². The minimum absolute atomic E-state index is 0.342. The molecule has 1 aromatic carbocycles. The molecule has 0 amide bonds. The fraction of sp³-hybridized carbons (Fsp3) is 0.300. The van der Waals surface area contributed by atoms with Crippen molar-refractivity contribution in [1.82, 2.24) is 0 Å². The Morgan fingerprint density at radius 2 is 2.06 bits per heavy atom. The first-order valence-corrected chi connectivity index (χ1v) is 8.45. The fourth-order valence-corrected chi connectivity index (χ4v) is 4.14. The van der Waals surface area contributed by atoms with E-state index in [0.717, 1.165) is 9.04 Å². The van der Waals surface area contributed by atoms with Gasteiger partial charge in [-0.3, -0.25) is 0 Å². The standard InChI is InChI=1S/C10H10F2NO2S3/c1-13-7-5-6(18(14,15)9(11)12)3-4-8(7)17-10(13)16-2/h3-5,9H,1-2H3/q+1. The molecule has 0 aliphatic carbocycles. The van der Waals surface area contributed by atoms with Gasteiger partial charge in [-0.2, -0.15) is 13.3 Å². The van der Waals surface area contributed by atoms with E-state index >= 15 is 0 Å². The SMILES string of the molecule is CSc1sc2ccc(S(=O)(=O)C(F)F)cc2[n+]1C. The molecule has 18 heavy (non-hydrogen) atoms. The number of halogens is 2. The van der Waals surface area contributed by atoms with E-state index in [0.29, 0.717) is 5.52 Å². The van der Waals surface area contributed by atoms with E-state index in [-0.39, 0.29) is 4.90 Å². The average molecular weight is 310 g/mol. The second-order valence-corrected chi connectivity index (χ2v) is 7.57. The molecule has 0 aliphatic heterocycles. The van der Waals surface area contributed by atoms with Crippen LogP contribution in [0.5, 0.6) is 0 Å². The number of sulfone groups is 1. The highest BCUT2D eigenvalue weighted by Crippen LogP contribution is 2.29. The number of nitrogens with zero attached hydrogens (tertiary/aromatic N) is 1. The van der Waals surface area contributed by atoms with Crippen molar-refractivity contribution in [3.05, 3.63) is 18.2 Å². The van der Waals surface area contributed by atoms with Crippen LogP contribution < -0.4 is 4.57 Å². The van der Waals surface area contributed by atoms with Gasteiger partial charge >= 0.3 is 5.76 Å². The molecule has 0 spiro atoms. The highest BCUT2D eigenvalue weighted by molar-refractivity contribution is 8.00. The first-order valence-electron chi connectivity index (χ1n) is 4.86. The number of alkyl halides is 2. The number of thiazole rings is 1. The molecule has 0 radical (unpaired) electrons. The summed E-state index contributed by atoms with van der Waals surface area (Å²) in [6.07, 6.45) is 1.90. The molecular weight excluding hydrogens is 300 g/mol. The van der Waals surface area contributed by atoms with Crippen LogP contribution in [0.15, 0.2) is 27.4 Å². The minimum Gasteiger partial charge on any atom is -0.218 e. The molecule has 2 rings (SSSR count). The zero-order chi connectivity index (χ0) is 13.5. The average Bonchev–Trinajstić information content (AvgIpc) is 2.65. The molecule has 2 aromatic rings. The van der Waals surface area contributed by atoms with Crippen molar-refractivity contribution in [1.29, 1.82) is 0 Å². The van der Waals surface area contributed by atoms with Gasteiger partial charge in [-0.15, -0.1) is 0 Å². The zero-order valence-electron chi connectivity index (χ0n) is 9.55. The molecule has 0 bridgehead atoms. The lowest BCUT2D eigenvalue weighted by molar-refractivity contribution is -0.676. The normalized spacial score (nSPS) is 12.5. The number of aryl methyl sites for hydroxylation is 1. The lowest BCUT2D eigenvalue weighted by atomic mass is 10.3. The van der Waals surface area contributed by atoms with E-state index in [9.17, 15) is 17.2 Å². The van der Waals surface area contributed by atoms with E-state index in [1.165, 1.54) is 35.2 Å². The Labute approximate surface area is 111 Å². The summed E-state index contributed by atoms with van der Waals surface area (Å²) < 4.78 is 51.4. The van der Waals surface area contributed by atoms with E-state index < -0.39 is 15.6 Å². The predicted octanol–water partition coefficient (Wildman–Crippen LogP) is 2.44. The van der Waals surface area contributed by atoms with Crippen LogP contribution in [-0.2, 0) is 16.9 Å². The van der Waals surface area contributed by atoms with Gasteiger partial charge < -0.3 is 0 Å². The Bertz CT molecular complexity index is 694. The molecular formula is C10H10F2NO2S3+. The molecule has 1 aromatic heterocycles. The van der Waals surface area contributed by atoms with Gasteiger partial charge in [0.15, 0.2) is 0 Å². The number of hydrogen-bond acceptors (Lipinski definition) is 4. The van der Waals surface area contributed by atoms with Gasteiger partial charge in [0, 0.05) is 6.07 Å². The third-order valence-electron chi connectivity index (χ3n) is 2.50. The summed E-state index contributed by atoms with van der Waals surface area (Å²) in [4.78, 5) is -0.342. The van der Waals surface area contributed by atoms with Crippen molar-refractivity contribution < 1.29 is 21.8 Å². The van der Waals surface area contributed by atoms with Crippen LogP contribution in [0.25, 0.3) is 10.2 Å². The Morgan fingerprint density at radius 3 is 2.61 bits per heavy atom. The Kier molecular flexibility index (Phi) is 3.61. The van der Waals surface area contributed by atoms with Crippen molar-refractivity contribution in [3.8, 4) is 0 Å². The highest BCUT2D eigenvalue weighted by atomic mass is 32.2. The zero-order valence-corrected chi connectivity index (χ0v) is 12.0. The summed E-state index contributed by atoms with van der Waals surface area (Å²) >= 11 is 3.02. The van der Waals surface area contributed by atoms with Gasteiger partial charge in [0.2, 0.25) is 15.4 Å². The van der Waals surface area contributed by atoms with Crippen LogP contribution in [0.1, 0.15) is 0 Å². The molecule has 0 aliphatic rings. The molecule has 3 nitrogen and oxygen atoms in total. The van der Waals surface area contributed by atoms with Crippen molar-refractivity contribution >= 4 is 43.2 Å². The van der Waals surface area contributed by atoms with E-state index in [4.69, 9.17) is 0 Å². The molecule has 0 unspecified atom stereocenters. The maximum Gasteiger partial charge on any atom is 0.341 e. The van der Waals surface area contributed by atoms with E-state index in [2.05, 4.69) is 0 Å². The van der Waals surface area contributed by atoms with Crippen LogP contribution >= 0.6 is 23.1 Å². The Hall–Kier alpha value is -0.730. The predicted molar refractivity (Wildman–Crippen MR) is 68.0 cm³/mol. The fourth-order valence-electron chi connectivity index (χ4n) is 1.56. The maximum atomic E-state index is 12.5. The van der Waals surface area contributed by atoms with Gasteiger partial charge in [0.05, 0.1) is 4.90 Å². The molecule has 0 atom stereocenters. The van der Waals surface area contributed by atoms with Gasteiger partial charge in [-0.25, -0.2) is 8.42 Å². The Morgan fingerprint density at radius 1 is 1.39 bits per heavy atom. The topological polar surface area (TPSA) is 38.0 Å². The van der Waals surface area contributed by atoms with E-state index in [1.54, 1.807) is 17.7 Å². The Balaban J connectivity index is 2.68. The number of thioether (sulfide) groups is 1. The summed E-state index contributed by atoms with van der Waals surface area (Å²) in [5, 5.41) is 0. The molecule has 0 saturated heterocycles. The monoisotopic (exact) mass is 310 g/mol. The molecule has 98 valence electrons. The van der Waals surface area contributed by atoms with Crippen LogP contribution in [-0.4, -0.2) is 20.4 Å². The summed E-state index contributed by atoms with van der Waals surface area (Å²) in [7, 11) is -2.75. The van der Waals surface area contributed by atoms with Crippen molar-refractivity contribution in [2.75, 3.05) is 6.26 Å². The number of aromatic nitrogens is 1. The molecule has 0 fully saturated rings. The van der Waals surface area contributed by atoms with Gasteiger partial charge in [-0.05, 0) is 30.2 Å². The number of benzene rings is 1. The lowest BCUT2D eigenvalue weighted by Crippen LogP contribution is -2.28. The first kappa shape index (κ1) is 13.7.